The highest BCUT2D eigenvalue weighted by Crippen LogP contribution is 2.34. The number of nitriles is 1. The number of halogens is 1. The van der Waals surface area contributed by atoms with Crippen LogP contribution in [-0.2, 0) is 0 Å². The zero-order chi connectivity index (χ0) is 18.8. The summed E-state index contributed by atoms with van der Waals surface area (Å²) < 4.78 is 7.11. The number of aromatic nitrogens is 2. The van der Waals surface area contributed by atoms with Gasteiger partial charge in [0.25, 0.3) is 0 Å². The zero-order valence-electron chi connectivity index (χ0n) is 15.5. The molecule has 5 heteroatoms. The summed E-state index contributed by atoms with van der Waals surface area (Å²) in [5.74, 6) is 1.15. The maximum atomic E-state index is 9.81. The Morgan fingerprint density at radius 1 is 1.27 bits per heavy atom. The average molecular weight is 368 g/mol. The summed E-state index contributed by atoms with van der Waals surface area (Å²) in [6.45, 7) is 6.42. The Labute approximate surface area is 159 Å². The second-order valence-electron chi connectivity index (χ2n) is 6.43. The van der Waals surface area contributed by atoms with Crippen molar-refractivity contribution in [3.05, 3.63) is 52.3 Å². The van der Waals surface area contributed by atoms with Gasteiger partial charge in [-0.3, -0.25) is 4.40 Å². The molecule has 1 aromatic carbocycles. The lowest BCUT2D eigenvalue weighted by Crippen LogP contribution is -2.01. The summed E-state index contributed by atoms with van der Waals surface area (Å²) in [5.41, 5.74) is 4.92. The van der Waals surface area contributed by atoms with Crippen molar-refractivity contribution in [3.8, 4) is 23.1 Å². The number of rotatable bonds is 5. The van der Waals surface area contributed by atoms with Crippen molar-refractivity contribution in [2.45, 2.75) is 39.5 Å². The van der Waals surface area contributed by atoms with E-state index in [1.807, 2.05) is 29.7 Å². The molecular weight excluding hydrogens is 346 g/mol. The van der Waals surface area contributed by atoms with Crippen LogP contribution in [0.4, 0.5) is 0 Å². The van der Waals surface area contributed by atoms with Gasteiger partial charge in [-0.25, -0.2) is 4.98 Å². The highest BCUT2D eigenvalue weighted by atomic mass is 35.5. The monoisotopic (exact) mass is 367 g/mol. The predicted molar refractivity (Wildman–Crippen MR) is 105 cm³/mol. The number of benzene rings is 1. The van der Waals surface area contributed by atoms with Crippen molar-refractivity contribution in [3.63, 3.8) is 0 Å². The third kappa shape index (κ3) is 3.04. The Morgan fingerprint density at radius 3 is 2.58 bits per heavy atom. The van der Waals surface area contributed by atoms with Crippen LogP contribution in [0.2, 0.25) is 5.02 Å². The van der Waals surface area contributed by atoms with Crippen molar-refractivity contribution in [2.24, 2.45) is 0 Å². The third-order valence-electron chi connectivity index (χ3n) is 4.92. The molecule has 2 aromatic heterocycles. The Kier molecular flexibility index (Phi) is 5.20. The second kappa shape index (κ2) is 7.39. The van der Waals surface area contributed by atoms with Gasteiger partial charge in [-0.05, 0) is 55.0 Å². The standard InChI is InChI=1S/C21H22ClN3O/c1-5-14(6-2)15-9-13(3)21-24-20(19(11-23)25(21)12-15)17-8-7-16(26-4)10-18(17)22/h7-10,12,14H,5-6H2,1-4H3. The van der Waals surface area contributed by atoms with Gasteiger partial charge >= 0.3 is 0 Å². The maximum Gasteiger partial charge on any atom is 0.152 e. The van der Waals surface area contributed by atoms with Crippen molar-refractivity contribution in [1.82, 2.24) is 9.38 Å². The third-order valence-corrected chi connectivity index (χ3v) is 5.23. The summed E-state index contributed by atoms with van der Waals surface area (Å²) in [5, 5.41) is 10.3. The van der Waals surface area contributed by atoms with Crippen LogP contribution in [0.5, 0.6) is 5.75 Å². The number of hydrogen-bond acceptors (Lipinski definition) is 3. The fraction of sp³-hybridized carbons (Fsp3) is 0.333. The van der Waals surface area contributed by atoms with E-state index >= 15 is 0 Å². The van der Waals surface area contributed by atoms with Crippen LogP contribution in [0.3, 0.4) is 0 Å². The number of ether oxygens (including phenoxy) is 1. The molecule has 0 saturated heterocycles. The number of hydrogen-bond donors (Lipinski definition) is 0. The molecule has 0 amide bonds. The largest absolute Gasteiger partial charge is 0.497 e. The molecule has 3 aromatic rings. The fourth-order valence-electron chi connectivity index (χ4n) is 3.43. The van der Waals surface area contributed by atoms with E-state index < -0.39 is 0 Å². The fourth-order valence-corrected chi connectivity index (χ4v) is 3.69. The molecule has 0 N–H and O–H groups in total. The lowest BCUT2D eigenvalue weighted by molar-refractivity contribution is 0.415. The van der Waals surface area contributed by atoms with Crippen LogP contribution in [0.15, 0.2) is 30.5 Å². The van der Waals surface area contributed by atoms with E-state index in [2.05, 4.69) is 26.0 Å². The molecule has 3 rings (SSSR count). The second-order valence-corrected chi connectivity index (χ2v) is 6.84. The quantitative estimate of drug-likeness (QED) is 0.577. The molecule has 0 aliphatic heterocycles. The molecule has 26 heavy (non-hydrogen) atoms. The number of aryl methyl sites for hydroxylation is 1. The highest BCUT2D eigenvalue weighted by molar-refractivity contribution is 6.33. The van der Waals surface area contributed by atoms with Crippen LogP contribution < -0.4 is 4.74 Å². The molecular formula is C21H22ClN3O. The van der Waals surface area contributed by atoms with Gasteiger partial charge in [0, 0.05) is 11.8 Å². The molecule has 0 aliphatic rings. The first-order chi connectivity index (χ1) is 12.5. The SMILES string of the molecule is CCC(CC)c1cc(C)c2nc(-c3ccc(OC)cc3Cl)c(C#N)n2c1. The molecule has 4 nitrogen and oxygen atoms in total. The summed E-state index contributed by atoms with van der Waals surface area (Å²) >= 11 is 6.43. The summed E-state index contributed by atoms with van der Waals surface area (Å²) in [7, 11) is 1.60. The molecule has 0 saturated carbocycles. The first-order valence-electron chi connectivity index (χ1n) is 8.80. The number of imidazole rings is 1. The van der Waals surface area contributed by atoms with Crippen molar-refractivity contribution in [1.29, 1.82) is 5.26 Å². The van der Waals surface area contributed by atoms with Gasteiger partial charge in [-0.2, -0.15) is 5.26 Å². The Hall–Kier alpha value is -2.51. The summed E-state index contributed by atoms with van der Waals surface area (Å²) in [4.78, 5) is 4.74. The van der Waals surface area contributed by atoms with Crippen molar-refractivity contribution < 1.29 is 4.74 Å². The number of fused-ring (bicyclic) bond motifs is 1. The Morgan fingerprint density at radius 2 is 2.00 bits per heavy atom. The minimum atomic E-state index is 0.472. The molecule has 134 valence electrons. The van der Waals surface area contributed by atoms with Gasteiger partial charge in [0.2, 0.25) is 0 Å². The minimum Gasteiger partial charge on any atom is -0.497 e. The molecule has 0 spiro atoms. The van der Waals surface area contributed by atoms with Crippen LogP contribution in [0.1, 0.15) is 49.4 Å². The zero-order valence-corrected chi connectivity index (χ0v) is 16.3. The first kappa shape index (κ1) is 18.3. The van der Waals surface area contributed by atoms with E-state index in [0.29, 0.717) is 28.1 Å². The van der Waals surface area contributed by atoms with Crippen molar-refractivity contribution >= 4 is 17.2 Å². The number of methoxy groups -OCH3 is 1. The number of pyridine rings is 1. The van der Waals surface area contributed by atoms with Crippen molar-refractivity contribution in [2.75, 3.05) is 7.11 Å². The predicted octanol–water partition coefficient (Wildman–Crippen LogP) is 5.75. The lowest BCUT2D eigenvalue weighted by Gasteiger charge is -2.14. The van der Waals surface area contributed by atoms with Crippen LogP contribution in [0.25, 0.3) is 16.9 Å². The highest BCUT2D eigenvalue weighted by Gasteiger charge is 2.19. The van der Waals surface area contributed by atoms with E-state index in [9.17, 15) is 5.26 Å². The topological polar surface area (TPSA) is 50.3 Å². The maximum absolute atomic E-state index is 9.81. The van der Waals surface area contributed by atoms with Gasteiger partial charge in [0.05, 0.1) is 12.1 Å². The average Bonchev–Trinajstić information content (AvgIpc) is 3.01. The van der Waals surface area contributed by atoms with Gasteiger partial charge in [0.1, 0.15) is 23.2 Å². The Balaban J connectivity index is 2.25. The van der Waals surface area contributed by atoms with Crippen LogP contribution in [-0.4, -0.2) is 16.5 Å². The minimum absolute atomic E-state index is 0.472. The van der Waals surface area contributed by atoms with Gasteiger partial charge in [-0.1, -0.05) is 31.5 Å². The Bertz CT molecular complexity index is 997. The van der Waals surface area contributed by atoms with E-state index in [1.54, 1.807) is 13.2 Å². The molecule has 0 aliphatic carbocycles. The van der Waals surface area contributed by atoms with Gasteiger partial charge in [-0.15, -0.1) is 0 Å². The smallest absolute Gasteiger partial charge is 0.152 e. The molecule has 0 atom stereocenters. The molecule has 0 radical (unpaired) electrons. The molecule has 0 unspecified atom stereocenters. The summed E-state index contributed by atoms with van der Waals surface area (Å²) in [6, 6.07) is 9.91. The van der Waals surface area contributed by atoms with Gasteiger partial charge < -0.3 is 4.74 Å². The normalized spacial score (nSPS) is 11.1. The molecule has 0 fully saturated rings. The summed E-state index contributed by atoms with van der Waals surface area (Å²) in [6.07, 6.45) is 4.18. The van der Waals surface area contributed by atoms with E-state index in [-0.39, 0.29) is 0 Å². The molecule has 0 bridgehead atoms. The number of nitrogens with zero attached hydrogens (tertiary/aromatic N) is 3. The van der Waals surface area contributed by atoms with E-state index in [1.165, 1.54) is 5.56 Å². The van der Waals surface area contributed by atoms with Crippen LogP contribution in [0, 0.1) is 18.3 Å². The van der Waals surface area contributed by atoms with E-state index in [0.717, 1.165) is 29.6 Å². The van der Waals surface area contributed by atoms with Gasteiger partial charge in [0.15, 0.2) is 5.69 Å². The molecule has 2 heterocycles. The lowest BCUT2D eigenvalue weighted by atomic mass is 9.94. The first-order valence-corrected chi connectivity index (χ1v) is 9.18. The van der Waals surface area contributed by atoms with E-state index in [4.69, 9.17) is 21.3 Å². The van der Waals surface area contributed by atoms with Crippen LogP contribution >= 0.6 is 11.6 Å².